The zero-order valence-electron chi connectivity index (χ0n) is 12.6. The molecule has 0 saturated carbocycles. The lowest BCUT2D eigenvalue weighted by molar-refractivity contribution is -0.132. The Morgan fingerprint density at radius 2 is 2.14 bits per heavy atom. The number of ether oxygens (including phenoxy) is 2. The molecule has 3 N–H and O–H groups in total. The first-order valence-electron chi connectivity index (χ1n) is 7.45. The molecule has 4 atom stereocenters. The summed E-state index contributed by atoms with van der Waals surface area (Å²) in [4.78, 5) is 0. The van der Waals surface area contributed by atoms with Gasteiger partial charge in [-0.3, -0.25) is 0 Å². The van der Waals surface area contributed by atoms with Crippen molar-refractivity contribution in [3.63, 3.8) is 0 Å². The van der Waals surface area contributed by atoms with E-state index in [-0.39, 0.29) is 18.2 Å². The normalized spacial score (nSPS) is 29.0. The van der Waals surface area contributed by atoms with Gasteiger partial charge in [-0.15, -0.1) is 0 Å². The first-order valence-corrected chi connectivity index (χ1v) is 7.85. The van der Waals surface area contributed by atoms with Crippen LogP contribution >= 0.6 is 12.2 Å². The first-order chi connectivity index (χ1) is 10.1. The summed E-state index contributed by atoms with van der Waals surface area (Å²) < 4.78 is 12.0. The van der Waals surface area contributed by atoms with E-state index in [1.807, 2.05) is 18.2 Å². The molecule has 5 heteroatoms. The van der Waals surface area contributed by atoms with Gasteiger partial charge < -0.3 is 20.5 Å². The van der Waals surface area contributed by atoms with Gasteiger partial charge in [-0.1, -0.05) is 44.2 Å². The summed E-state index contributed by atoms with van der Waals surface area (Å²) in [6, 6.07) is 10.2. The van der Waals surface area contributed by atoms with Crippen LogP contribution in [0.15, 0.2) is 30.3 Å². The van der Waals surface area contributed by atoms with Crippen molar-refractivity contribution in [1.82, 2.24) is 5.32 Å². The van der Waals surface area contributed by atoms with Gasteiger partial charge in [0.15, 0.2) is 5.11 Å². The van der Waals surface area contributed by atoms with Crippen LogP contribution < -0.4 is 11.1 Å². The molecule has 2 rings (SSSR count). The minimum Gasteiger partial charge on any atom is -0.376 e. The number of hydrogen-bond acceptors (Lipinski definition) is 3. The summed E-state index contributed by atoms with van der Waals surface area (Å²) in [5.74, 6) is 0.291. The van der Waals surface area contributed by atoms with E-state index in [1.165, 1.54) is 5.56 Å². The number of nitrogens with one attached hydrogen (secondary N) is 1. The highest BCUT2D eigenvalue weighted by atomic mass is 32.1. The summed E-state index contributed by atoms with van der Waals surface area (Å²) in [5, 5.41) is 3.39. The maximum atomic E-state index is 6.17. The lowest BCUT2D eigenvalue weighted by Crippen LogP contribution is -2.57. The Hall–Kier alpha value is -1.17. The summed E-state index contributed by atoms with van der Waals surface area (Å²) in [6.45, 7) is 5.45. The number of rotatable bonds is 5. The fraction of sp³-hybridized carbons (Fsp3) is 0.562. The monoisotopic (exact) mass is 308 g/mol. The van der Waals surface area contributed by atoms with E-state index in [1.54, 1.807) is 0 Å². The van der Waals surface area contributed by atoms with E-state index in [9.17, 15) is 0 Å². The standard InChI is InChI=1S/C16H24N2O2S/c1-3-14-11(2)15(13(10-19-14)18-16(17)21)20-9-12-7-5-4-6-8-12/h4-8,11,13-15H,3,9-10H2,1-2H3,(H3,17,18,21)/t11-,13+,14+,15-/m0/s1. The predicted octanol–water partition coefficient (Wildman–Crippen LogP) is 2.22. The van der Waals surface area contributed by atoms with Crippen LogP contribution in [0.1, 0.15) is 25.8 Å². The molecular formula is C16H24N2O2S. The zero-order valence-corrected chi connectivity index (χ0v) is 13.4. The van der Waals surface area contributed by atoms with Crippen molar-refractivity contribution in [2.75, 3.05) is 6.61 Å². The van der Waals surface area contributed by atoms with Crippen LogP contribution in [0, 0.1) is 5.92 Å². The highest BCUT2D eigenvalue weighted by Gasteiger charge is 2.37. The fourth-order valence-electron chi connectivity index (χ4n) is 2.88. The van der Waals surface area contributed by atoms with E-state index in [0.29, 0.717) is 24.2 Å². The molecule has 1 aliphatic rings. The van der Waals surface area contributed by atoms with Crippen LogP contribution in [-0.4, -0.2) is 30.0 Å². The highest BCUT2D eigenvalue weighted by Crippen LogP contribution is 2.27. The first kappa shape index (κ1) is 16.2. The van der Waals surface area contributed by atoms with Gasteiger partial charge in [-0.25, -0.2) is 0 Å². The van der Waals surface area contributed by atoms with Gasteiger partial charge in [-0.05, 0) is 24.2 Å². The molecule has 1 aromatic rings. The molecule has 0 amide bonds. The largest absolute Gasteiger partial charge is 0.376 e. The molecule has 0 bridgehead atoms. The number of benzene rings is 1. The molecule has 0 radical (unpaired) electrons. The minimum absolute atomic E-state index is 0.00372. The Balaban J connectivity index is 2.03. The fourth-order valence-corrected chi connectivity index (χ4v) is 3.03. The third-order valence-corrected chi connectivity index (χ3v) is 4.12. The lowest BCUT2D eigenvalue weighted by atomic mass is 9.88. The Bertz CT molecular complexity index is 455. The third kappa shape index (κ3) is 4.40. The van der Waals surface area contributed by atoms with Gasteiger partial charge in [0.2, 0.25) is 0 Å². The van der Waals surface area contributed by atoms with E-state index in [2.05, 4.69) is 31.3 Å². The molecule has 0 aliphatic carbocycles. The van der Waals surface area contributed by atoms with Gasteiger partial charge in [0.1, 0.15) is 0 Å². The summed E-state index contributed by atoms with van der Waals surface area (Å²) >= 11 is 4.96. The molecule has 21 heavy (non-hydrogen) atoms. The number of thiocarbonyl (C=S) groups is 1. The smallest absolute Gasteiger partial charge is 0.164 e. The average Bonchev–Trinajstić information content (AvgIpc) is 2.47. The molecule has 1 aliphatic heterocycles. The second-order valence-corrected chi connectivity index (χ2v) is 5.96. The molecule has 1 aromatic carbocycles. The highest BCUT2D eigenvalue weighted by molar-refractivity contribution is 7.80. The van der Waals surface area contributed by atoms with Gasteiger partial charge in [0, 0.05) is 5.92 Å². The van der Waals surface area contributed by atoms with Crippen molar-refractivity contribution in [3.8, 4) is 0 Å². The van der Waals surface area contributed by atoms with E-state index in [0.717, 1.165) is 6.42 Å². The van der Waals surface area contributed by atoms with E-state index < -0.39 is 0 Å². The summed E-state index contributed by atoms with van der Waals surface area (Å²) in [5.41, 5.74) is 6.78. The molecule has 4 nitrogen and oxygen atoms in total. The molecule has 0 unspecified atom stereocenters. The van der Waals surface area contributed by atoms with Crippen molar-refractivity contribution in [2.24, 2.45) is 11.7 Å². The third-order valence-electron chi connectivity index (χ3n) is 4.01. The second kappa shape index (κ2) is 7.73. The van der Waals surface area contributed by atoms with Gasteiger partial charge in [0.25, 0.3) is 0 Å². The van der Waals surface area contributed by atoms with Crippen molar-refractivity contribution in [1.29, 1.82) is 0 Å². The lowest BCUT2D eigenvalue weighted by Gasteiger charge is -2.41. The van der Waals surface area contributed by atoms with Gasteiger partial charge in [-0.2, -0.15) is 0 Å². The number of nitrogens with two attached hydrogens (primary N) is 1. The van der Waals surface area contributed by atoms with Crippen LogP contribution in [-0.2, 0) is 16.1 Å². The molecule has 1 saturated heterocycles. The van der Waals surface area contributed by atoms with E-state index in [4.69, 9.17) is 27.4 Å². The molecule has 0 spiro atoms. The predicted molar refractivity (Wildman–Crippen MR) is 87.9 cm³/mol. The van der Waals surface area contributed by atoms with Crippen molar-refractivity contribution in [2.45, 2.75) is 45.1 Å². The van der Waals surface area contributed by atoms with E-state index >= 15 is 0 Å². The molecule has 0 aromatic heterocycles. The Morgan fingerprint density at radius 1 is 1.43 bits per heavy atom. The molecule has 1 fully saturated rings. The average molecular weight is 308 g/mol. The van der Waals surface area contributed by atoms with Crippen LogP contribution in [0.5, 0.6) is 0 Å². The van der Waals surface area contributed by atoms with Crippen LogP contribution in [0.4, 0.5) is 0 Å². The van der Waals surface area contributed by atoms with Gasteiger partial charge >= 0.3 is 0 Å². The summed E-state index contributed by atoms with van der Waals surface area (Å²) in [6.07, 6.45) is 1.23. The second-order valence-electron chi connectivity index (χ2n) is 5.52. The van der Waals surface area contributed by atoms with Crippen molar-refractivity contribution >= 4 is 17.3 Å². The van der Waals surface area contributed by atoms with Crippen LogP contribution in [0.25, 0.3) is 0 Å². The van der Waals surface area contributed by atoms with Gasteiger partial charge in [0.05, 0.1) is 31.5 Å². The molecular weight excluding hydrogens is 284 g/mol. The minimum atomic E-state index is 0.00372. The molecule has 116 valence electrons. The van der Waals surface area contributed by atoms with Crippen molar-refractivity contribution < 1.29 is 9.47 Å². The maximum Gasteiger partial charge on any atom is 0.164 e. The topological polar surface area (TPSA) is 56.5 Å². The number of hydrogen-bond donors (Lipinski definition) is 2. The van der Waals surface area contributed by atoms with Crippen LogP contribution in [0.3, 0.4) is 0 Å². The van der Waals surface area contributed by atoms with Crippen LogP contribution in [0.2, 0.25) is 0 Å². The Morgan fingerprint density at radius 3 is 2.76 bits per heavy atom. The molecule has 1 heterocycles. The Kier molecular flexibility index (Phi) is 5.96. The quantitative estimate of drug-likeness (QED) is 0.817. The Labute approximate surface area is 132 Å². The maximum absolute atomic E-state index is 6.17. The SMILES string of the molecule is CC[C@H]1OC[C@@H](NC(N)=S)[C@@H](OCc2ccccc2)[C@H]1C. The summed E-state index contributed by atoms with van der Waals surface area (Å²) in [7, 11) is 0. The van der Waals surface area contributed by atoms with Crippen molar-refractivity contribution in [3.05, 3.63) is 35.9 Å². The zero-order chi connectivity index (χ0) is 15.2.